The molecule has 1 N–H and O–H groups in total. The first-order valence-corrected chi connectivity index (χ1v) is 13.2. The second kappa shape index (κ2) is 12.1. The topological polar surface area (TPSA) is 67.9 Å². The molecule has 0 aliphatic carbocycles. The highest BCUT2D eigenvalue weighted by molar-refractivity contribution is 8.26. The van der Waals surface area contributed by atoms with E-state index in [2.05, 4.69) is 5.32 Å². The van der Waals surface area contributed by atoms with Gasteiger partial charge in [0, 0.05) is 5.69 Å². The highest BCUT2D eigenvalue weighted by Gasteiger charge is 2.35. The van der Waals surface area contributed by atoms with E-state index in [9.17, 15) is 9.59 Å². The van der Waals surface area contributed by atoms with Crippen molar-refractivity contribution in [3.63, 3.8) is 0 Å². The van der Waals surface area contributed by atoms with Gasteiger partial charge in [0.1, 0.15) is 4.32 Å². The molecule has 3 aromatic carbocycles. The molecule has 1 heterocycles. The molecule has 3 aromatic rings. The summed E-state index contributed by atoms with van der Waals surface area (Å²) >= 11 is 6.82. The molecule has 1 fully saturated rings. The monoisotopic (exact) mass is 532 g/mol. The van der Waals surface area contributed by atoms with Gasteiger partial charge in [-0.1, -0.05) is 72.5 Å². The number of anilines is 1. The van der Waals surface area contributed by atoms with Gasteiger partial charge in [-0.25, -0.2) is 0 Å². The summed E-state index contributed by atoms with van der Waals surface area (Å²) in [6, 6.07) is 22.6. The molecule has 0 radical (unpaired) electrons. The normalized spacial score (nSPS) is 15.1. The van der Waals surface area contributed by atoms with Crippen LogP contribution in [0.2, 0.25) is 0 Å². The fourth-order valence-corrected chi connectivity index (χ4v) is 5.33. The largest absolute Gasteiger partial charge is 0.490 e. The standard InChI is InChI=1S/C29H28N2O4S2/c1-4-34-25-16-21(13-14-24(25)35-18-27(32)30-23-12-8-9-19(2)15-23)17-26-28(33)31(29(36)37-26)20(3)22-10-6-5-7-11-22/h5-17,20H,4,18H2,1-3H3,(H,30,32)/b26-17-/t20-/m0/s1. The van der Waals surface area contributed by atoms with Crippen LogP contribution in [0.3, 0.4) is 0 Å². The predicted molar refractivity (Wildman–Crippen MR) is 153 cm³/mol. The molecule has 37 heavy (non-hydrogen) atoms. The van der Waals surface area contributed by atoms with Crippen LogP contribution in [0.25, 0.3) is 6.08 Å². The van der Waals surface area contributed by atoms with Crippen molar-refractivity contribution in [2.75, 3.05) is 18.5 Å². The summed E-state index contributed by atoms with van der Waals surface area (Å²) in [7, 11) is 0. The zero-order valence-electron chi connectivity index (χ0n) is 20.9. The molecule has 0 saturated carbocycles. The number of aryl methyl sites for hydroxylation is 1. The van der Waals surface area contributed by atoms with E-state index in [1.54, 1.807) is 23.1 Å². The SMILES string of the molecule is CCOc1cc(/C=C2\SC(=S)N([C@@H](C)c3ccccc3)C2=O)ccc1OCC(=O)Nc1cccc(C)c1. The Hall–Kier alpha value is -3.62. The number of nitrogens with zero attached hydrogens (tertiary/aromatic N) is 1. The number of hydrogen-bond acceptors (Lipinski definition) is 6. The third kappa shape index (κ3) is 6.58. The minimum Gasteiger partial charge on any atom is -0.490 e. The van der Waals surface area contributed by atoms with Crippen molar-refractivity contribution in [2.24, 2.45) is 0 Å². The first-order valence-electron chi connectivity index (χ1n) is 11.9. The molecule has 190 valence electrons. The van der Waals surface area contributed by atoms with Crippen molar-refractivity contribution in [1.29, 1.82) is 0 Å². The summed E-state index contributed by atoms with van der Waals surface area (Å²) in [6.45, 7) is 6.06. The van der Waals surface area contributed by atoms with Crippen LogP contribution in [0, 0.1) is 6.92 Å². The summed E-state index contributed by atoms with van der Waals surface area (Å²) in [5.74, 6) is 0.544. The van der Waals surface area contributed by atoms with Gasteiger partial charge in [-0.15, -0.1) is 0 Å². The van der Waals surface area contributed by atoms with Crippen LogP contribution in [0.1, 0.15) is 36.6 Å². The maximum absolute atomic E-state index is 13.2. The van der Waals surface area contributed by atoms with Crippen LogP contribution >= 0.6 is 24.0 Å². The van der Waals surface area contributed by atoms with Crippen LogP contribution in [0.15, 0.2) is 77.7 Å². The lowest BCUT2D eigenvalue weighted by atomic mass is 10.1. The van der Waals surface area contributed by atoms with Crippen LogP contribution in [-0.2, 0) is 9.59 Å². The van der Waals surface area contributed by atoms with Crippen molar-refractivity contribution in [3.05, 3.63) is 94.4 Å². The number of thiocarbonyl (C=S) groups is 1. The van der Waals surface area contributed by atoms with Gasteiger partial charge in [-0.3, -0.25) is 14.5 Å². The van der Waals surface area contributed by atoms with Crippen LogP contribution in [-0.4, -0.2) is 34.2 Å². The summed E-state index contributed by atoms with van der Waals surface area (Å²) in [5.41, 5.74) is 3.56. The third-order valence-electron chi connectivity index (χ3n) is 5.72. The van der Waals surface area contributed by atoms with Gasteiger partial charge in [0.15, 0.2) is 18.1 Å². The maximum Gasteiger partial charge on any atom is 0.266 e. The Morgan fingerprint density at radius 1 is 1.05 bits per heavy atom. The second-order valence-electron chi connectivity index (χ2n) is 8.48. The van der Waals surface area contributed by atoms with Crippen molar-refractivity contribution in [1.82, 2.24) is 4.90 Å². The number of nitrogens with one attached hydrogen (secondary N) is 1. The van der Waals surface area contributed by atoms with Gasteiger partial charge in [0.05, 0.1) is 17.6 Å². The maximum atomic E-state index is 13.2. The average molecular weight is 533 g/mol. The lowest BCUT2D eigenvalue weighted by molar-refractivity contribution is -0.123. The van der Waals surface area contributed by atoms with Gasteiger partial charge in [-0.2, -0.15) is 0 Å². The van der Waals surface area contributed by atoms with E-state index >= 15 is 0 Å². The first kappa shape index (κ1) is 26.4. The number of carbonyl (C=O) groups excluding carboxylic acids is 2. The van der Waals surface area contributed by atoms with Gasteiger partial charge >= 0.3 is 0 Å². The van der Waals surface area contributed by atoms with E-state index in [4.69, 9.17) is 21.7 Å². The highest BCUT2D eigenvalue weighted by atomic mass is 32.2. The molecule has 0 bridgehead atoms. The molecule has 0 spiro atoms. The Morgan fingerprint density at radius 2 is 1.84 bits per heavy atom. The summed E-state index contributed by atoms with van der Waals surface area (Å²) in [6.07, 6.45) is 1.80. The lowest BCUT2D eigenvalue weighted by Gasteiger charge is -2.23. The highest BCUT2D eigenvalue weighted by Crippen LogP contribution is 2.39. The molecule has 6 nitrogen and oxygen atoms in total. The van der Waals surface area contributed by atoms with E-state index in [1.807, 2.05) is 81.4 Å². The zero-order valence-corrected chi connectivity index (χ0v) is 22.5. The van der Waals surface area contributed by atoms with Crippen LogP contribution < -0.4 is 14.8 Å². The summed E-state index contributed by atoms with van der Waals surface area (Å²) in [5, 5.41) is 2.83. The zero-order chi connectivity index (χ0) is 26.4. The number of hydrogen-bond donors (Lipinski definition) is 1. The van der Waals surface area contributed by atoms with Crippen LogP contribution in [0.5, 0.6) is 11.5 Å². The molecule has 0 aromatic heterocycles. The minimum absolute atomic E-state index is 0.127. The smallest absolute Gasteiger partial charge is 0.266 e. The Labute approximate surface area is 226 Å². The van der Waals surface area contributed by atoms with Gasteiger partial charge in [0.2, 0.25) is 0 Å². The number of thioether (sulfide) groups is 1. The fourth-order valence-electron chi connectivity index (χ4n) is 3.91. The van der Waals surface area contributed by atoms with Crippen molar-refractivity contribution < 1.29 is 19.1 Å². The summed E-state index contributed by atoms with van der Waals surface area (Å²) < 4.78 is 12.0. The number of amides is 2. The van der Waals surface area contributed by atoms with E-state index in [0.717, 1.165) is 16.7 Å². The van der Waals surface area contributed by atoms with Crippen molar-refractivity contribution in [3.8, 4) is 11.5 Å². The van der Waals surface area contributed by atoms with E-state index in [1.165, 1.54) is 11.8 Å². The first-order chi connectivity index (χ1) is 17.9. The molecule has 8 heteroatoms. The van der Waals surface area contributed by atoms with Gasteiger partial charge in [0.25, 0.3) is 11.8 Å². The average Bonchev–Trinajstić information content (AvgIpc) is 3.16. The summed E-state index contributed by atoms with van der Waals surface area (Å²) in [4.78, 5) is 27.8. The molecule has 0 unspecified atom stereocenters. The third-order valence-corrected chi connectivity index (χ3v) is 7.05. The molecule has 1 aliphatic heterocycles. The minimum atomic E-state index is -0.270. The molecule has 1 saturated heterocycles. The Kier molecular flexibility index (Phi) is 8.63. The van der Waals surface area contributed by atoms with Crippen LogP contribution in [0.4, 0.5) is 5.69 Å². The Morgan fingerprint density at radius 3 is 2.57 bits per heavy atom. The lowest BCUT2D eigenvalue weighted by Crippen LogP contribution is -2.30. The molecular formula is C29H28N2O4S2. The Balaban J connectivity index is 1.46. The van der Waals surface area contributed by atoms with Crippen molar-refractivity contribution in [2.45, 2.75) is 26.8 Å². The number of carbonyl (C=O) groups is 2. The molecule has 1 aliphatic rings. The van der Waals surface area contributed by atoms with E-state index < -0.39 is 0 Å². The molecule has 2 amide bonds. The van der Waals surface area contributed by atoms with E-state index in [0.29, 0.717) is 33.0 Å². The fraction of sp³-hybridized carbons (Fsp3) is 0.207. The number of rotatable bonds is 9. The number of benzene rings is 3. The number of ether oxygens (including phenoxy) is 2. The molecular weight excluding hydrogens is 504 g/mol. The van der Waals surface area contributed by atoms with Crippen molar-refractivity contribution >= 4 is 51.9 Å². The van der Waals surface area contributed by atoms with E-state index in [-0.39, 0.29) is 24.5 Å². The quantitative estimate of drug-likeness (QED) is 0.255. The second-order valence-corrected chi connectivity index (χ2v) is 10.2. The van der Waals surface area contributed by atoms with Gasteiger partial charge in [-0.05, 0) is 67.8 Å². The van der Waals surface area contributed by atoms with Gasteiger partial charge < -0.3 is 14.8 Å². The predicted octanol–water partition coefficient (Wildman–Crippen LogP) is 6.37. The molecule has 4 rings (SSSR count). The molecule has 1 atom stereocenters. The Bertz CT molecular complexity index is 1340.